The molecule has 5 aliphatic carbocycles. The number of hydrogen-bond acceptors (Lipinski definition) is 27. The van der Waals surface area contributed by atoms with E-state index in [9.17, 15) is 91.0 Å². The molecule has 4 saturated heterocycles. The molecule has 28 heteroatoms. The number of hydrogen-bond donors (Lipinski definition) is 15. The number of aliphatic hydroxyl groups excluding tert-OH is 14. The Kier molecular flexibility index (Phi) is 20.3. The summed E-state index contributed by atoms with van der Waals surface area (Å²) in [7, 11) is 0. The average Bonchev–Trinajstić information content (AvgIpc) is 0.673. The zero-order chi connectivity index (χ0) is 64.9. The Balaban J connectivity index is 1.05. The molecule has 4 aliphatic heterocycles. The molecule has 0 aromatic rings. The number of fused-ring (bicyclic) bond motifs is 7. The van der Waals surface area contributed by atoms with Crippen molar-refractivity contribution in [2.24, 2.45) is 50.2 Å². The van der Waals surface area contributed by atoms with Crippen LogP contribution >= 0.6 is 0 Å². The summed E-state index contributed by atoms with van der Waals surface area (Å²) < 4.78 is 60.3. The number of allylic oxidation sites excluding steroid dienone is 3. The number of carbonyl (C=O) groups excluding carboxylic acids is 2. The highest BCUT2D eigenvalue weighted by atomic mass is 16.8. The lowest BCUT2D eigenvalue weighted by Gasteiger charge is -2.72. The zero-order valence-electron chi connectivity index (χ0n) is 51.2. The van der Waals surface area contributed by atoms with Gasteiger partial charge in [-0.3, -0.25) is 4.79 Å². The molecule has 0 spiro atoms. The number of rotatable bonds is 16. The molecule has 8 fully saturated rings. The van der Waals surface area contributed by atoms with E-state index < -0.39 is 224 Å². The molecule has 4 saturated carbocycles. The molecule has 502 valence electrons. The van der Waals surface area contributed by atoms with Crippen molar-refractivity contribution in [3.8, 4) is 0 Å². The van der Waals surface area contributed by atoms with Gasteiger partial charge in [-0.15, -0.1) is 0 Å². The first-order valence-corrected chi connectivity index (χ1v) is 30.6. The predicted octanol–water partition coefficient (Wildman–Crippen LogP) is -2.86. The third kappa shape index (κ3) is 11.4. The van der Waals surface area contributed by atoms with E-state index >= 15 is 0 Å². The van der Waals surface area contributed by atoms with E-state index in [0.29, 0.717) is 37.7 Å². The zero-order valence-corrected chi connectivity index (χ0v) is 51.2. The summed E-state index contributed by atoms with van der Waals surface area (Å²) in [6.07, 6.45) is -35.7. The quantitative estimate of drug-likeness (QED) is 0.0320. The van der Waals surface area contributed by atoms with Crippen LogP contribution in [0.4, 0.5) is 0 Å². The minimum atomic E-state index is -2.30. The molecule has 4 heterocycles. The van der Waals surface area contributed by atoms with Gasteiger partial charge in [0.25, 0.3) is 0 Å². The van der Waals surface area contributed by atoms with E-state index in [1.165, 1.54) is 6.92 Å². The first-order chi connectivity index (χ1) is 41.2. The molecule has 31 atom stereocenters. The third-order valence-corrected chi connectivity index (χ3v) is 22.8. The van der Waals surface area contributed by atoms with Crippen LogP contribution in [-0.2, 0) is 61.8 Å². The summed E-state index contributed by atoms with van der Waals surface area (Å²) in [6, 6.07) is 0. The Morgan fingerprint density at radius 3 is 1.81 bits per heavy atom. The van der Waals surface area contributed by atoms with Crippen LogP contribution in [0.5, 0.6) is 0 Å². The molecule has 0 amide bonds. The van der Waals surface area contributed by atoms with E-state index in [0.717, 1.165) is 5.57 Å². The second-order valence-electron chi connectivity index (χ2n) is 27.9. The first kappa shape index (κ1) is 69.4. The standard InChI is InChI=1S/C60H94O28/c1-10-24(2)50(78)88-48-47(75)60(23-80-25(3)64)27(17-55(48,4)5)26-11-12-32-56(6)15-14-34(57(7,22-63)31(56)13-16-58(32,8)59(26,9)18-33(60)66)83-54-46(87-52-41(73)39(71)37(69)30(20-62)82-52)43(42(74)44(85-54)49(76)77)84-53-45(35(67)28(65)21-79-53)86-51-40(72)38(70)36(68)29(19-61)81-51/h10-11,27-48,51-54,61-63,65-75H,12-23H2,1-9H3,(H,76,77)/b24-10-/t27-,28-,29?,30+,31+,32+,33+,34-,35-,36?,37-,38?,39-,40?,41+,42-,43-,44-,45+,46+,47-,48-,51?,52-,53-,54+,56-,57-,58+,59+,60-/m0/s1. The van der Waals surface area contributed by atoms with E-state index in [1.54, 1.807) is 19.9 Å². The summed E-state index contributed by atoms with van der Waals surface area (Å²) in [5, 5.41) is 167. The Morgan fingerprint density at radius 1 is 0.659 bits per heavy atom. The van der Waals surface area contributed by atoms with Gasteiger partial charge in [-0.2, -0.15) is 0 Å². The maximum Gasteiger partial charge on any atom is 0.335 e. The highest BCUT2D eigenvalue weighted by Gasteiger charge is 2.74. The molecular formula is C60H94O28. The molecule has 0 radical (unpaired) electrons. The molecule has 28 nitrogen and oxygen atoms in total. The molecule has 5 unspecified atom stereocenters. The monoisotopic (exact) mass is 1260 g/mol. The van der Waals surface area contributed by atoms with Gasteiger partial charge in [-0.05, 0) is 92.8 Å². The number of carbonyl (C=O) groups is 3. The first-order valence-electron chi connectivity index (χ1n) is 30.6. The normalized spacial score (nSPS) is 51.1. The van der Waals surface area contributed by atoms with Gasteiger partial charge in [-0.1, -0.05) is 59.3 Å². The van der Waals surface area contributed by atoms with E-state index in [1.807, 2.05) is 20.8 Å². The van der Waals surface area contributed by atoms with Gasteiger partial charge in [0.15, 0.2) is 31.3 Å². The highest BCUT2D eigenvalue weighted by molar-refractivity contribution is 5.87. The summed E-state index contributed by atoms with van der Waals surface area (Å²) in [5.41, 5.74) is -4.10. The maximum atomic E-state index is 13.4. The highest BCUT2D eigenvalue weighted by Crippen LogP contribution is 2.76. The van der Waals surface area contributed by atoms with Crippen molar-refractivity contribution >= 4 is 17.9 Å². The van der Waals surface area contributed by atoms with Crippen molar-refractivity contribution in [2.45, 2.75) is 248 Å². The average molecular weight is 1260 g/mol. The number of aliphatic carboxylic acids is 1. The smallest absolute Gasteiger partial charge is 0.335 e. The minimum absolute atomic E-state index is 0.133. The van der Waals surface area contributed by atoms with Crippen molar-refractivity contribution in [1.82, 2.24) is 0 Å². The van der Waals surface area contributed by atoms with Crippen LogP contribution in [0.15, 0.2) is 23.3 Å². The number of carboxylic acids is 1. The van der Waals surface area contributed by atoms with Gasteiger partial charge in [0.2, 0.25) is 0 Å². The number of aliphatic hydroxyl groups is 14. The summed E-state index contributed by atoms with van der Waals surface area (Å²) in [6.45, 7) is 13.4. The molecule has 88 heavy (non-hydrogen) atoms. The summed E-state index contributed by atoms with van der Waals surface area (Å²) >= 11 is 0. The Labute approximate surface area is 509 Å². The minimum Gasteiger partial charge on any atom is -0.479 e. The van der Waals surface area contributed by atoms with Crippen LogP contribution in [0, 0.1) is 50.2 Å². The molecule has 9 rings (SSSR count). The van der Waals surface area contributed by atoms with Gasteiger partial charge in [0.05, 0.1) is 44.1 Å². The lowest BCUT2D eigenvalue weighted by atomic mass is 9.33. The fourth-order valence-electron chi connectivity index (χ4n) is 17.3. The van der Waals surface area contributed by atoms with Crippen LogP contribution in [0.3, 0.4) is 0 Å². The second-order valence-corrected chi connectivity index (χ2v) is 27.9. The van der Waals surface area contributed by atoms with Crippen molar-refractivity contribution in [3.63, 3.8) is 0 Å². The SMILES string of the molecule is C/C=C(/C)C(=O)O[C@H]1[C@H](O)[C@]2(COC(C)=O)[C@H](O)C[C@]3(C)C(=CC[C@@H]4[C@@]5(C)CC[C@H](O[C@@H]6O[C@H](C(=O)O)[C@@H](O)[C@H](O[C@@H]7OC[C@H](O)[C@H](O)[C@H]7OC7OC(CO)C(O)C(O)C7O)[C@H]6O[C@@H]6O[C@H](CO)[C@H](O)[C@H](O)[C@H]6O)[C@@](C)(CO)[C@@H]5CC[C@]43C)[C@@H]2CC1(C)C. The van der Waals surface area contributed by atoms with Crippen molar-refractivity contribution in [1.29, 1.82) is 0 Å². The van der Waals surface area contributed by atoms with Gasteiger partial charge in [0.1, 0.15) is 104 Å². The van der Waals surface area contributed by atoms with Crippen LogP contribution in [0.25, 0.3) is 0 Å². The van der Waals surface area contributed by atoms with Gasteiger partial charge in [-0.25, -0.2) is 9.59 Å². The molecule has 0 aromatic carbocycles. The molecule has 0 bridgehead atoms. The maximum absolute atomic E-state index is 13.4. The predicted molar refractivity (Wildman–Crippen MR) is 296 cm³/mol. The summed E-state index contributed by atoms with van der Waals surface area (Å²) in [5.74, 6) is -4.04. The number of ether oxygens (including phenoxy) is 10. The van der Waals surface area contributed by atoms with Crippen LogP contribution in [-0.4, -0.2) is 269 Å². The fourth-order valence-corrected chi connectivity index (χ4v) is 17.3. The van der Waals surface area contributed by atoms with Gasteiger partial charge < -0.3 is 124 Å². The van der Waals surface area contributed by atoms with Gasteiger partial charge in [0, 0.05) is 23.3 Å². The van der Waals surface area contributed by atoms with Crippen LogP contribution in [0.2, 0.25) is 0 Å². The van der Waals surface area contributed by atoms with E-state index in [4.69, 9.17) is 47.4 Å². The van der Waals surface area contributed by atoms with E-state index in [2.05, 4.69) is 26.8 Å². The van der Waals surface area contributed by atoms with Crippen molar-refractivity contribution in [2.75, 3.05) is 33.0 Å². The fraction of sp³-hybridized carbons (Fsp3) is 0.883. The largest absolute Gasteiger partial charge is 0.479 e. The molecular weight excluding hydrogens is 1170 g/mol. The van der Waals surface area contributed by atoms with Gasteiger partial charge >= 0.3 is 17.9 Å². The topological polar surface area (TPSA) is 447 Å². The van der Waals surface area contributed by atoms with Crippen LogP contribution in [0.1, 0.15) is 107 Å². The second kappa shape index (κ2) is 25.7. The molecule has 0 aromatic heterocycles. The van der Waals surface area contributed by atoms with Crippen molar-refractivity contribution < 1.29 is 138 Å². The van der Waals surface area contributed by atoms with Crippen molar-refractivity contribution in [3.05, 3.63) is 23.3 Å². The molecule has 15 N–H and O–H groups in total. The number of carboxylic acid groups (broad SMARTS) is 1. The van der Waals surface area contributed by atoms with Crippen LogP contribution < -0.4 is 0 Å². The lowest BCUT2D eigenvalue weighted by molar-refractivity contribution is -0.401. The Morgan fingerprint density at radius 2 is 1.25 bits per heavy atom. The lowest BCUT2D eigenvalue weighted by Crippen LogP contribution is -2.72. The molecule has 9 aliphatic rings. The third-order valence-electron chi connectivity index (χ3n) is 22.8. The number of esters is 2. The van der Waals surface area contributed by atoms with E-state index in [-0.39, 0.29) is 31.3 Å². The summed E-state index contributed by atoms with van der Waals surface area (Å²) in [4.78, 5) is 39.2. The Hall–Kier alpha value is -2.99. The Bertz CT molecular complexity index is 2570.